The summed E-state index contributed by atoms with van der Waals surface area (Å²) in [6.07, 6.45) is 0. The Labute approximate surface area is 194 Å². The van der Waals surface area contributed by atoms with Gasteiger partial charge in [0.2, 0.25) is 0 Å². The third kappa shape index (κ3) is 3.79. The van der Waals surface area contributed by atoms with Crippen LogP contribution in [0.25, 0.3) is 20.3 Å². The smallest absolute Gasteiger partial charge is 0.272 e. The highest BCUT2D eigenvalue weighted by molar-refractivity contribution is 7.98. The number of aromatic nitrogens is 2. The van der Waals surface area contributed by atoms with Crippen molar-refractivity contribution >= 4 is 77.9 Å². The van der Waals surface area contributed by atoms with E-state index in [2.05, 4.69) is 5.38 Å². The summed E-state index contributed by atoms with van der Waals surface area (Å²) in [5.41, 5.74) is 2.79. The first-order valence-corrected chi connectivity index (χ1v) is 12.6. The molecule has 0 bridgehead atoms. The topological polar surface area (TPSA) is 34.9 Å². The number of thioether (sulfide) groups is 1. The fourth-order valence-corrected chi connectivity index (χ4v) is 6.46. The second-order valence-corrected chi connectivity index (χ2v) is 10.3. The lowest BCUT2D eigenvalue weighted by Gasteiger charge is -2.13. The lowest BCUT2D eigenvalue weighted by Crippen LogP contribution is -2.23. The van der Waals surface area contributed by atoms with Gasteiger partial charge in [-0.25, -0.2) is 4.98 Å². The molecule has 3 aromatic heterocycles. The average Bonchev–Trinajstić information content (AvgIpc) is 3.37. The first kappa shape index (κ1) is 20.1. The molecule has 0 radical (unpaired) electrons. The van der Waals surface area contributed by atoms with Crippen molar-refractivity contribution in [1.29, 1.82) is 0 Å². The molecule has 0 spiro atoms. The van der Waals surface area contributed by atoms with E-state index in [1.165, 1.54) is 21.6 Å². The summed E-state index contributed by atoms with van der Waals surface area (Å²) in [6, 6.07) is 15.4. The zero-order chi connectivity index (χ0) is 20.7. The molecule has 150 valence electrons. The molecule has 0 atom stereocenters. The first-order chi connectivity index (χ1) is 14.6. The van der Waals surface area contributed by atoms with Gasteiger partial charge in [0.1, 0.15) is 4.70 Å². The van der Waals surface area contributed by atoms with Crippen LogP contribution in [0.4, 0.5) is 0 Å². The van der Waals surface area contributed by atoms with E-state index in [1.807, 2.05) is 53.9 Å². The van der Waals surface area contributed by atoms with Gasteiger partial charge in [0, 0.05) is 20.5 Å². The van der Waals surface area contributed by atoms with E-state index in [9.17, 15) is 4.79 Å². The summed E-state index contributed by atoms with van der Waals surface area (Å²) in [5, 5.41) is 7.25. The van der Waals surface area contributed by atoms with Gasteiger partial charge in [-0.05, 0) is 57.6 Å². The van der Waals surface area contributed by atoms with Crippen molar-refractivity contribution in [3.63, 3.8) is 0 Å². The molecule has 0 unspecified atom stereocenters. The number of benzene rings is 2. The van der Waals surface area contributed by atoms with E-state index >= 15 is 0 Å². The molecule has 0 fully saturated rings. The van der Waals surface area contributed by atoms with E-state index in [0.29, 0.717) is 27.2 Å². The van der Waals surface area contributed by atoms with Crippen LogP contribution in [0.3, 0.4) is 0 Å². The second-order valence-electron chi connectivity index (χ2n) is 6.70. The molecule has 3 nitrogen and oxygen atoms in total. The number of fused-ring (bicyclic) bond motifs is 2. The summed E-state index contributed by atoms with van der Waals surface area (Å²) in [6.45, 7) is 0.387. The number of thiophene rings is 2. The fraction of sp³-hybridized carbons (Fsp3) is 0.0909. The Hall–Kier alpha value is -1.83. The monoisotopic (exact) mass is 488 g/mol. The van der Waals surface area contributed by atoms with E-state index in [0.717, 1.165) is 21.5 Å². The molecule has 0 N–H and O–H groups in total. The van der Waals surface area contributed by atoms with Gasteiger partial charge in [-0.3, -0.25) is 9.36 Å². The van der Waals surface area contributed by atoms with E-state index < -0.39 is 0 Å². The molecule has 0 aliphatic carbocycles. The van der Waals surface area contributed by atoms with Gasteiger partial charge in [-0.15, -0.1) is 22.7 Å². The minimum Gasteiger partial charge on any atom is -0.282 e. The second kappa shape index (κ2) is 8.36. The van der Waals surface area contributed by atoms with Crippen LogP contribution in [0.15, 0.2) is 69.2 Å². The number of hydrogen-bond donors (Lipinski definition) is 0. The van der Waals surface area contributed by atoms with E-state index in [-0.39, 0.29) is 5.56 Å². The van der Waals surface area contributed by atoms with E-state index in [1.54, 1.807) is 27.7 Å². The summed E-state index contributed by atoms with van der Waals surface area (Å²) in [4.78, 5) is 18.0. The molecule has 0 saturated carbocycles. The van der Waals surface area contributed by atoms with E-state index in [4.69, 9.17) is 28.2 Å². The number of halogens is 2. The van der Waals surface area contributed by atoms with Crippen LogP contribution in [0, 0.1) is 0 Å². The maximum Gasteiger partial charge on any atom is 0.272 e. The fourth-order valence-electron chi connectivity index (χ4n) is 3.28. The molecule has 8 heteroatoms. The average molecular weight is 489 g/mol. The maximum atomic E-state index is 13.2. The van der Waals surface area contributed by atoms with Crippen LogP contribution in [0.2, 0.25) is 10.0 Å². The Kier molecular flexibility index (Phi) is 5.60. The molecule has 0 saturated heterocycles. The Bertz CT molecular complexity index is 1440. The minimum atomic E-state index is -0.0318. The van der Waals surface area contributed by atoms with Crippen LogP contribution in [0.1, 0.15) is 11.1 Å². The normalized spacial score (nSPS) is 11.5. The van der Waals surface area contributed by atoms with Crippen molar-refractivity contribution in [2.45, 2.75) is 17.5 Å². The van der Waals surface area contributed by atoms with Gasteiger partial charge < -0.3 is 0 Å². The van der Waals surface area contributed by atoms with Gasteiger partial charge >= 0.3 is 0 Å². The van der Waals surface area contributed by atoms with Crippen LogP contribution < -0.4 is 5.56 Å². The highest BCUT2D eigenvalue weighted by atomic mass is 35.5. The molecule has 30 heavy (non-hydrogen) atoms. The van der Waals surface area contributed by atoms with Crippen molar-refractivity contribution in [1.82, 2.24) is 9.55 Å². The summed E-state index contributed by atoms with van der Waals surface area (Å²) >= 11 is 17.2. The van der Waals surface area contributed by atoms with Gasteiger partial charge in [-0.2, -0.15) is 0 Å². The Morgan fingerprint density at radius 1 is 1.03 bits per heavy atom. The SMILES string of the molecule is O=c1c2sccc2nc(SCc2csc3ccc(Cl)cc23)n1Cc1ccccc1Cl. The van der Waals surface area contributed by atoms with Gasteiger partial charge in [0.05, 0.1) is 12.1 Å². The Balaban J connectivity index is 1.55. The maximum absolute atomic E-state index is 13.2. The zero-order valence-corrected chi connectivity index (χ0v) is 19.4. The first-order valence-electron chi connectivity index (χ1n) is 9.10. The van der Waals surface area contributed by atoms with Crippen molar-refractivity contribution < 1.29 is 0 Å². The lowest BCUT2D eigenvalue weighted by molar-refractivity contribution is 0.659. The molecule has 2 aromatic carbocycles. The number of hydrogen-bond acceptors (Lipinski definition) is 5. The molecule has 0 aliphatic heterocycles. The van der Waals surface area contributed by atoms with Crippen LogP contribution >= 0.6 is 57.6 Å². The Morgan fingerprint density at radius 3 is 2.77 bits per heavy atom. The van der Waals surface area contributed by atoms with Crippen molar-refractivity contribution in [3.8, 4) is 0 Å². The lowest BCUT2D eigenvalue weighted by atomic mass is 10.2. The third-order valence-corrected chi connectivity index (χ3v) is 8.32. The van der Waals surface area contributed by atoms with Crippen molar-refractivity contribution in [2.24, 2.45) is 0 Å². The predicted molar refractivity (Wildman–Crippen MR) is 131 cm³/mol. The molecular weight excluding hydrogens is 475 g/mol. The minimum absolute atomic E-state index is 0.0318. The molecule has 3 heterocycles. The van der Waals surface area contributed by atoms with Gasteiger partial charge in [0.25, 0.3) is 5.56 Å². The third-order valence-electron chi connectivity index (χ3n) is 4.79. The standard InChI is InChI=1S/C22H14Cl2N2OS3/c23-15-5-6-19-16(9-15)14(11-29-19)12-30-22-25-18-7-8-28-20(18)21(27)26(22)10-13-3-1-2-4-17(13)24/h1-9,11H,10,12H2. The molecule has 5 rings (SSSR count). The highest BCUT2D eigenvalue weighted by Crippen LogP contribution is 2.33. The number of rotatable bonds is 5. The predicted octanol–water partition coefficient (Wildman–Crippen LogP) is 7.32. The summed E-state index contributed by atoms with van der Waals surface area (Å²) in [7, 11) is 0. The van der Waals surface area contributed by atoms with Crippen LogP contribution in [-0.2, 0) is 12.3 Å². The molecule has 0 aliphatic rings. The van der Waals surface area contributed by atoms with Crippen LogP contribution in [0.5, 0.6) is 0 Å². The number of nitrogens with zero attached hydrogens (tertiary/aromatic N) is 2. The molecular formula is C22H14Cl2N2OS3. The van der Waals surface area contributed by atoms with Crippen molar-refractivity contribution in [3.05, 3.63) is 90.8 Å². The van der Waals surface area contributed by atoms with Crippen LogP contribution in [-0.4, -0.2) is 9.55 Å². The zero-order valence-electron chi connectivity index (χ0n) is 15.5. The largest absolute Gasteiger partial charge is 0.282 e. The highest BCUT2D eigenvalue weighted by Gasteiger charge is 2.15. The molecule has 0 amide bonds. The quantitative estimate of drug-likeness (QED) is 0.192. The molecule has 5 aromatic rings. The van der Waals surface area contributed by atoms with Crippen molar-refractivity contribution in [2.75, 3.05) is 0 Å². The Morgan fingerprint density at radius 2 is 1.90 bits per heavy atom. The summed E-state index contributed by atoms with van der Waals surface area (Å²) < 4.78 is 3.59. The van der Waals surface area contributed by atoms with Gasteiger partial charge in [0.15, 0.2) is 5.16 Å². The summed E-state index contributed by atoms with van der Waals surface area (Å²) in [5.74, 6) is 0.699. The van der Waals surface area contributed by atoms with Gasteiger partial charge in [-0.1, -0.05) is 53.2 Å².